The lowest BCUT2D eigenvalue weighted by Crippen LogP contribution is -2.30. The first-order valence-electron chi connectivity index (χ1n) is 6.50. The maximum absolute atomic E-state index is 12.1. The second kappa shape index (κ2) is 4.68. The van der Waals surface area contributed by atoms with Gasteiger partial charge in [0.25, 0.3) is 0 Å². The van der Waals surface area contributed by atoms with Crippen molar-refractivity contribution in [3.05, 3.63) is 30.1 Å². The number of amides is 1. The lowest BCUT2D eigenvalue weighted by atomic mass is 10.1. The van der Waals surface area contributed by atoms with Crippen LogP contribution in [0.3, 0.4) is 0 Å². The third-order valence-corrected chi connectivity index (χ3v) is 3.78. The minimum Gasteiger partial charge on any atom is -0.329 e. The molecule has 1 aromatic heterocycles. The molecule has 7 heteroatoms. The summed E-state index contributed by atoms with van der Waals surface area (Å²) in [6.07, 6.45) is 3.28. The highest BCUT2D eigenvalue weighted by Gasteiger charge is 2.48. The van der Waals surface area contributed by atoms with Crippen LogP contribution in [-0.2, 0) is 4.79 Å². The number of nitrogens with one attached hydrogen (secondary N) is 1. The molecule has 1 saturated carbocycles. The first-order valence-corrected chi connectivity index (χ1v) is 6.50. The molecule has 0 spiro atoms. The Bertz CT molecular complexity index is 632. The molecule has 1 aromatic carbocycles. The van der Waals surface area contributed by atoms with Crippen LogP contribution in [0, 0.1) is 12.3 Å². The molecule has 7 nitrogen and oxygen atoms in total. The van der Waals surface area contributed by atoms with Crippen molar-refractivity contribution in [1.29, 1.82) is 0 Å². The van der Waals surface area contributed by atoms with Gasteiger partial charge in [0.2, 0.25) is 5.91 Å². The van der Waals surface area contributed by atoms with Crippen LogP contribution in [-0.4, -0.2) is 32.7 Å². The molecule has 1 heterocycles. The molecule has 3 rings (SSSR count). The third kappa shape index (κ3) is 2.16. The highest BCUT2D eigenvalue weighted by Crippen LogP contribution is 2.45. The van der Waals surface area contributed by atoms with E-state index >= 15 is 0 Å². The van der Waals surface area contributed by atoms with Crippen LogP contribution in [0.1, 0.15) is 18.4 Å². The topological polar surface area (TPSA) is 98.7 Å². The quantitative estimate of drug-likeness (QED) is 0.851. The zero-order chi connectivity index (χ0) is 14.2. The molecule has 1 aliphatic rings. The van der Waals surface area contributed by atoms with Crippen LogP contribution in [0.4, 0.5) is 5.69 Å². The van der Waals surface area contributed by atoms with Crippen molar-refractivity contribution in [3.63, 3.8) is 0 Å². The van der Waals surface area contributed by atoms with E-state index in [4.69, 9.17) is 5.73 Å². The van der Waals surface area contributed by atoms with E-state index in [0.29, 0.717) is 6.54 Å². The van der Waals surface area contributed by atoms with Gasteiger partial charge in [-0.1, -0.05) is 0 Å². The predicted octanol–water partition coefficient (Wildman–Crippen LogP) is 0.648. The molecular weight excluding hydrogens is 256 g/mol. The van der Waals surface area contributed by atoms with Crippen molar-refractivity contribution in [1.82, 2.24) is 20.2 Å². The summed E-state index contributed by atoms with van der Waals surface area (Å²) in [6.45, 7) is 2.35. The minimum atomic E-state index is -0.345. The highest BCUT2D eigenvalue weighted by atomic mass is 16.2. The number of carbonyl (C=O) groups excluding carboxylic acids is 1. The second-order valence-corrected chi connectivity index (χ2v) is 5.19. The molecule has 2 aromatic rings. The van der Waals surface area contributed by atoms with Crippen LogP contribution in [0.15, 0.2) is 24.5 Å². The first-order chi connectivity index (χ1) is 9.64. The van der Waals surface area contributed by atoms with Gasteiger partial charge in [0.05, 0.1) is 11.1 Å². The van der Waals surface area contributed by atoms with Crippen molar-refractivity contribution < 1.29 is 4.79 Å². The van der Waals surface area contributed by atoms with Crippen LogP contribution >= 0.6 is 0 Å². The number of nitrogens with zero attached hydrogens (tertiary/aromatic N) is 4. The number of hydrogen-bond donors (Lipinski definition) is 2. The van der Waals surface area contributed by atoms with E-state index in [9.17, 15) is 4.79 Å². The Morgan fingerprint density at radius 2 is 2.30 bits per heavy atom. The summed E-state index contributed by atoms with van der Waals surface area (Å²) in [5.74, 6) is 0.00886. The predicted molar refractivity (Wildman–Crippen MR) is 73.2 cm³/mol. The molecule has 1 amide bonds. The standard InChI is InChI=1S/C13H16N6O/c1-9-6-10(16-12(20)13(7-14)4-5-13)2-3-11(9)19-8-15-17-18-19/h2-3,6,8H,4-5,7,14H2,1H3,(H,16,20). The molecule has 0 atom stereocenters. The fourth-order valence-corrected chi connectivity index (χ4v) is 2.20. The Hall–Kier alpha value is -2.28. The number of aryl methyl sites for hydroxylation is 1. The number of tetrazole rings is 1. The van der Waals surface area contributed by atoms with E-state index in [1.165, 1.54) is 6.33 Å². The van der Waals surface area contributed by atoms with Gasteiger partial charge in [-0.2, -0.15) is 0 Å². The molecule has 20 heavy (non-hydrogen) atoms. The van der Waals surface area contributed by atoms with Gasteiger partial charge in [-0.3, -0.25) is 4.79 Å². The Kier molecular flexibility index (Phi) is 2.98. The summed E-state index contributed by atoms with van der Waals surface area (Å²) < 4.78 is 1.59. The van der Waals surface area contributed by atoms with E-state index in [1.54, 1.807) is 4.68 Å². The summed E-state index contributed by atoms with van der Waals surface area (Å²) >= 11 is 0. The van der Waals surface area contributed by atoms with Crippen molar-refractivity contribution >= 4 is 11.6 Å². The third-order valence-electron chi connectivity index (χ3n) is 3.78. The minimum absolute atomic E-state index is 0.00886. The van der Waals surface area contributed by atoms with Gasteiger partial charge in [-0.05, 0) is 54.0 Å². The van der Waals surface area contributed by atoms with Crippen molar-refractivity contribution in [2.24, 2.45) is 11.1 Å². The Labute approximate surface area is 116 Å². The van der Waals surface area contributed by atoms with E-state index < -0.39 is 0 Å². The van der Waals surface area contributed by atoms with Crippen LogP contribution in [0.5, 0.6) is 0 Å². The van der Waals surface area contributed by atoms with Crippen LogP contribution in [0.2, 0.25) is 0 Å². The summed E-state index contributed by atoms with van der Waals surface area (Å²) in [7, 11) is 0. The van der Waals surface area contributed by atoms with E-state index in [2.05, 4.69) is 20.8 Å². The molecule has 0 radical (unpaired) electrons. The zero-order valence-electron chi connectivity index (χ0n) is 11.2. The molecule has 0 bridgehead atoms. The Balaban J connectivity index is 1.79. The van der Waals surface area contributed by atoms with Gasteiger partial charge in [-0.25, -0.2) is 4.68 Å². The molecule has 0 aliphatic heterocycles. The molecule has 1 fully saturated rings. The number of aromatic nitrogens is 4. The van der Waals surface area contributed by atoms with Crippen LogP contribution < -0.4 is 11.1 Å². The number of rotatable bonds is 4. The van der Waals surface area contributed by atoms with Gasteiger partial charge < -0.3 is 11.1 Å². The average Bonchev–Trinajstić information content (AvgIpc) is 3.07. The fraction of sp³-hybridized carbons (Fsp3) is 0.385. The summed E-state index contributed by atoms with van der Waals surface area (Å²) in [5.41, 5.74) is 7.94. The molecular formula is C13H16N6O. The molecule has 3 N–H and O–H groups in total. The normalized spacial score (nSPS) is 15.9. The molecule has 104 valence electrons. The maximum Gasteiger partial charge on any atom is 0.231 e. The number of nitrogens with two attached hydrogens (primary N) is 1. The van der Waals surface area contributed by atoms with E-state index in [0.717, 1.165) is 29.8 Å². The maximum atomic E-state index is 12.1. The highest BCUT2D eigenvalue weighted by molar-refractivity contribution is 5.97. The lowest BCUT2D eigenvalue weighted by Gasteiger charge is -2.14. The van der Waals surface area contributed by atoms with Gasteiger partial charge >= 0.3 is 0 Å². The smallest absolute Gasteiger partial charge is 0.231 e. The summed E-state index contributed by atoms with van der Waals surface area (Å²) in [4.78, 5) is 12.1. The monoisotopic (exact) mass is 272 g/mol. The fourth-order valence-electron chi connectivity index (χ4n) is 2.20. The average molecular weight is 272 g/mol. The zero-order valence-corrected chi connectivity index (χ0v) is 11.2. The largest absolute Gasteiger partial charge is 0.329 e. The Morgan fingerprint density at radius 3 is 2.85 bits per heavy atom. The number of anilines is 1. The van der Waals surface area contributed by atoms with Gasteiger partial charge in [0, 0.05) is 12.2 Å². The molecule has 1 aliphatic carbocycles. The summed E-state index contributed by atoms with van der Waals surface area (Å²) in [5, 5.41) is 14.0. The van der Waals surface area contributed by atoms with Crippen molar-refractivity contribution in [3.8, 4) is 5.69 Å². The number of carbonyl (C=O) groups is 1. The number of benzene rings is 1. The van der Waals surface area contributed by atoms with Gasteiger partial charge in [0.1, 0.15) is 6.33 Å². The summed E-state index contributed by atoms with van der Waals surface area (Å²) in [6, 6.07) is 5.62. The van der Waals surface area contributed by atoms with Gasteiger partial charge in [0.15, 0.2) is 0 Å². The number of hydrogen-bond acceptors (Lipinski definition) is 5. The molecule has 0 unspecified atom stereocenters. The van der Waals surface area contributed by atoms with Crippen molar-refractivity contribution in [2.45, 2.75) is 19.8 Å². The molecule has 0 saturated heterocycles. The van der Waals surface area contributed by atoms with E-state index in [-0.39, 0.29) is 11.3 Å². The van der Waals surface area contributed by atoms with Crippen LogP contribution in [0.25, 0.3) is 5.69 Å². The second-order valence-electron chi connectivity index (χ2n) is 5.19. The van der Waals surface area contributed by atoms with E-state index in [1.807, 2.05) is 25.1 Å². The van der Waals surface area contributed by atoms with Crippen molar-refractivity contribution in [2.75, 3.05) is 11.9 Å². The first kappa shape index (κ1) is 12.7. The lowest BCUT2D eigenvalue weighted by molar-refractivity contribution is -0.120. The van der Waals surface area contributed by atoms with Gasteiger partial charge in [-0.15, -0.1) is 5.10 Å². The SMILES string of the molecule is Cc1cc(NC(=O)C2(CN)CC2)ccc1-n1cnnn1. The Morgan fingerprint density at radius 1 is 1.50 bits per heavy atom.